The maximum absolute atomic E-state index is 12.2. The summed E-state index contributed by atoms with van der Waals surface area (Å²) in [6, 6.07) is 0.187. The van der Waals surface area contributed by atoms with Crippen LogP contribution >= 0.6 is 0 Å². The number of nitrogens with one attached hydrogen (secondary N) is 1. The van der Waals surface area contributed by atoms with E-state index in [-0.39, 0.29) is 11.1 Å². The molecule has 1 N–H and O–H groups in total. The van der Waals surface area contributed by atoms with Gasteiger partial charge in [-0.15, -0.1) is 0 Å². The average molecular weight is 273 g/mol. The molecule has 0 spiro atoms. The Balaban J connectivity index is 2.19. The van der Waals surface area contributed by atoms with Crippen LogP contribution in [0.15, 0.2) is 17.6 Å². The number of ether oxygens (including phenoxy) is 1. The zero-order valence-corrected chi connectivity index (χ0v) is 11.7. The SMILES string of the molecule is CC(C)n1cnc(S(=O)(=O)NC2(C)CCOC2)c1. The van der Waals surface area contributed by atoms with Crippen molar-refractivity contribution in [2.45, 2.75) is 43.8 Å². The van der Waals surface area contributed by atoms with Crippen molar-refractivity contribution in [2.24, 2.45) is 0 Å². The molecule has 7 heteroatoms. The van der Waals surface area contributed by atoms with Crippen LogP contribution in [0.1, 0.15) is 33.2 Å². The van der Waals surface area contributed by atoms with E-state index >= 15 is 0 Å². The normalized spacial score (nSPS) is 24.9. The third kappa shape index (κ3) is 2.73. The molecule has 2 heterocycles. The Labute approximate surface area is 107 Å². The molecular formula is C11H19N3O3S. The van der Waals surface area contributed by atoms with Gasteiger partial charge in [-0.2, -0.15) is 0 Å². The molecular weight excluding hydrogens is 254 g/mol. The van der Waals surface area contributed by atoms with Crippen molar-refractivity contribution in [3.8, 4) is 0 Å². The van der Waals surface area contributed by atoms with E-state index in [0.717, 1.165) is 0 Å². The molecule has 0 aliphatic carbocycles. The van der Waals surface area contributed by atoms with Crippen LogP contribution in [-0.2, 0) is 14.8 Å². The van der Waals surface area contributed by atoms with E-state index in [1.807, 2.05) is 20.8 Å². The number of aromatic nitrogens is 2. The van der Waals surface area contributed by atoms with E-state index in [2.05, 4.69) is 9.71 Å². The summed E-state index contributed by atoms with van der Waals surface area (Å²) in [5, 5.41) is 0.0596. The van der Waals surface area contributed by atoms with Crippen LogP contribution < -0.4 is 4.72 Å². The van der Waals surface area contributed by atoms with Gasteiger partial charge in [-0.05, 0) is 27.2 Å². The summed E-state index contributed by atoms with van der Waals surface area (Å²) in [5.74, 6) is 0. The Bertz CT molecular complexity index is 515. The fourth-order valence-corrected chi connectivity index (χ4v) is 3.22. The number of rotatable bonds is 4. The molecule has 102 valence electrons. The molecule has 0 aromatic carbocycles. The summed E-state index contributed by atoms with van der Waals surface area (Å²) >= 11 is 0. The van der Waals surface area contributed by atoms with E-state index in [1.54, 1.807) is 10.8 Å². The van der Waals surface area contributed by atoms with Crippen LogP contribution in [0.5, 0.6) is 0 Å². The highest BCUT2D eigenvalue weighted by Gasteiger charge is 2.35. The molecule has 0 bridgehead atoms. The lowest BCUT2D eigenvalue weighted by Gasteiger charge is -2.22. The fourth-order valence-electron chi connectivity index (χ4n) is 1.86. The lowest BCUT2D eigenvalue weighted by molar-refractivity contribution is 0.178. The predicted molar refractivity (Wildman–Crippen MR) is 66.8 cm³/mol. The summed E-state index contributed by atoms with van der Waals surface area (Å²) in [4.78, 5) is 3.95. The highest BCUT2D eigenvalue weighted by atomic mass is 32.2. The number of hydrogen-bond donors (Lipinski definition) is 1. The molecule has 18 heavy (non-hydrogen) atoms. The molecule has 1 aromatic heterocycles. The van der Waals surface area contributed by atoms with Gasteiger partial charge in [0, 0.05) is 18.8 Å². The molecule has 1 aliphatic rings. The number of sulfonamides is 1. The summed E-state index contributed by atoms with van der Waals surface area (Å²) in [6.45, 7) is 6.77. The zero-order chi connectivity index (χ0) is 13.4. The maximum Gasteiger partial charge on any atom is 0.260 e. The molecule has 1 saturated heterocycles. The van der Waals surface area contributed by atoms with Crippen molar-refractivity contribution in [3.63, 3.8) is 0 Å². The summed E-state index contributed by atoms with van der Waals surface area (Å²) in [6.07, 6.45) is 3.76. The van der Waals surface area contributed by atoms with Gasteiger partial charge >= 0.3 is 0 Å². The Morgan fingerprint density at radius 1 is 1.56 bits per heavy atom. The van der Waals surface area contributed by atoms with Crippen LogP contribution in [-0.4, -0.2) is 36.7 Å². The number of imidazole rings is 1. The van der Waals surface area contributed by atoms with E-state index in [4.69, 9.17) is 4.74 Å². The van der Waals surface area contributed by atoms with Crippen LogP contribution in [0.25, 0.3) is 0 Å². The van der Waals surface area contributed by atoms with Crippen LogP contribution in [0.3, 0.4) is 0 Å². The Hall–Kier alpha value is -0.920. The van der Waals surface area contributed by atoms with Crippen molar-refractivity contribution in [2.75, 3.05) is 13.2 Å². The molecule has 1 unspecified atom stereocenters. The molecule has 0 saturated carbocycles. The summed E-state index contributed by atoms with van der Waals surface area (Å²) < 4.78 is 34.0. The second-order valence-corrected chi connectivity index (χ2v) is 6.85. The van der Waals surface area contributed by atoms with Gasteiger partial charge in [0.05, 0.1) is 18.5 Å². The van der Waals surface area contributed by atoms with E-state index in [9.17, 15) is 8.42 Å². The van der Waals surface area contributed by atoms with Gasteiger partial charge in [-0.3, -0.25) is 0 Å². The van der Waals surface area contributed by atoms with E-state index in [0.29, 0.717) is 19.6 Å². The van der Waals surface area contributed by atoms with Crippen molar-refractivity contribution in [1.29, 1.82) is 0 Å². The smallest absolute Gasteiger partial charge is 0.260 e. The van der Waals surface area contributed by atoms with Gasteiger partial charge in [-0.25, -0.2) is 18.1 Å². The second-order valence-electron chi connectivity index (χ2n) is 5.22. The quantitative estimate of drug-likeness (QED) is 0.885. The lowest BCUT2D eigenvalue weighted by Crippen LogP contribution is -2.46. The first kappa shape index (κ1) is 13.5. The van der Waals surface area contributed by atoms with Gasteiger partial charge < -0.3 is 9.30 Å². The molecule has 1 atom stereocenters. The van der Waals surface area contributed by atoms with Crippen molar-refractivity contribution >= 4 is 10.0 Å². The van der Waals surface area contributed by atoms with Gasteiger partial charge in [0.25, 0.3) is 10.0 Å². The molecule has 1 fully saturated rings. The van der Waals surface area contributed by atoms with E-state index in [1.165, 1.54) is 6.33 Å². The Morgan fingerprint density at radius 3 is 2.78 bits per heavy atom. The molecule has 0 radical (unpaired) electrons. The van der Waals surface area contributed by atoms with E-state index < -0.39 is 15.6 Å². The first-order valence-electron chi connectivity index (χ1n) is 5.98. The minimum absolute atomic E-state index is 0.0596. The maximum atomic E-state index is 12.2. The minimum Gasteiger partial charge on any atom is -0.379 e. The third-order valence-electron chi connectivity index (χ3n) is 3.05. The Kier molecular flexibility index (Phi) is 3.48. The van der Waals surface area contributed by atoms with Crippen LogP contribution in [0, 0.1) is 0 Å². The van der Waals surface area contributed by atoms with Gasteiger partial charge in [0.15, 0.2) is 5.03 Å². The van der Waals surface area contributed by atoms with Crippen molar-refractivity contribution in [3.05, 3.63) is 12.5 Å². The van der Waals surface area contributed by atoms with Crippen LogP contribution in [0.2, 0.25) is 0 Å². The van der Waals surface area contributed by atoms with Crippen molar-refractivity contribution in [1.82, 2.24) is 14.3 Å². The topological polar surface area (TPSA) is 73.2 Å². The van der Waals surface area contributed by atoms with Gasteiger partial charge in [0.2, 0.25) is 0 Å². The first-order chi connectivity index (χ1) is 8.32. The van der Waals surface area contributed by atoms with Gasteiger partial charge in [0.1, 0.15) is 0 Å². The largest absolute Gasteiger partial charge is 0.379 e. The highest BCUT2D eigenvalue weighted by Crippen LogP contribution is 2.21. The third-order valence-corrected chi connectivity index (χ3v) is 4.57. The number of hydrogen-bond acceptors (Lipinski definition) is 4. The van der Waals surface area contributed by atoms with Crippen LogP contribution in [0.4, 0.5) is 0 Å². The summed E-state index contributed by atoms with van der Waals surface area (Å²) in [7, 11) is -3.58. The fraction of sp³-hybridized carbons (Fsp3) is 0.727. The Morgan fingerprint density at radius 2 is 2.28 bits per heavy atom. The van der Waals surface area contributed by atoms with Crippen molar-refractivity contribution < 1.29 is 13.2 Å². The molecule has 0 amide bonds. The number of nitrogens with zero attached hydrogens (tertiary/aromatic N) is 2. The molecule has 2 rings (SSSR count). The lowest BCUT2D eigenvalue weighted by atomic mass is 10.0. The molecule has 1 aromatic rings. The minimum atomic E-state index is -3.58. The molecule has 1 aliphatic heterocycles. The standard InChI is InChI=1S/C11H19N3O3S/c1-9(2)14-6-10(12-8-14)18(15,16)13-11(3)4-5-17-7-11/h6,8-9,13H,4-5,7H2,1-3H3. The second kappa shape index (κ2) is 4.64. The zero-order valence-electron chi connectivity index (χ0n) is 10.9. The summed E-state index contributed by atoms with van der Waals surface area (Å²) in [5.41, 5.74) is -0.527. The monoisotopic (exact) mass is 273 g/mol. The predicted octanol–water partition coefficient (Wildman–Crippen LogP) is 0.921. The molecule has 6 nitrogen and oxygen atoms in total. The first-order valence-corrected chi connectivity index (χ1v) is 7.46. The highest BCUT2D eigenvalue weighted by molar-refractivity contribution is 7.89. The van der Waals surface area contributed by atoms with Gasteiger partial charge in [-0.1, -0.05) is 0 Å². The average Bonchev–Trinajstić information content (AvgIpc) is 2.85.